The Hall–Kier alpha value is -0.150. The van der Waals surface area contributed by atoms with Crippen molar-refractivity contribution in [3.63, 3.8) is 0 Å². The van der Waals surface area contributed by atoms with E-state index in [1.165, 1.54) is 0 Å². The van der Waals surface area contributed by atoms with Gasteiger partial charge in [-0.2, -0.15) is 0 Å². The van der Waals surface area contributed by atoms with Crippen LogP contribution in [0.2, 0.25) is 0 Å². The van der Waals surface area contributed by atoms with Crippen molar-refractivity contribution >= 4 is 11.1 Å². The summed E-state index contributed by atoms with van der Waals surface area (Å²) in [6, 6.07) is 0. The predicted octanol–water partition coefficient (Wildman–Crippen LogP) is 1.22. The van der Waals surface area contributed by atoms with Crippen LogP contribution in [0.5, 0.6) is 0 Å². The monoisotopic (exact) mass is 147 g/mol. The fourth-order valence-electron chi connectivity index (χ4n) is 0.559. The van der Waals surface area contributed by atoms with Gasteiger partial charge in [0.2, 0.25) is 0 Å². The molecule has 0 aliphatic carbocycles. The molecule has 0 heterocycles. The van der Waals surface area contributed by atoms with E-state index in [0.717, 1.165) is 5.57 Å². The topological polar surface area (TPSA) is 40.1 Å². The average molecular weight is 147 g/mol. The summed E-state index contributed by atoms with van der Waals surface area (Å²) in [7, 11) is 0. The third-order valence-corrected chi connectivity index (χ3v) is 1.79. The van der Waals surface area contributed by atoms with Gasteiger partial charge in [0.1, 0.15) is 0 Å². The van der Waals surface area contributed by atoms with Crippen molar-refractivity contribution < 1.29 is 8.76 Å². The Morgan fingerprint density at radius 3 is 2.44 bits per heavy atom. The highest BCUT2D eigenvalue weighted by Gasteiger charge is 1.99. The van der Waals surface area contributed by atoms with Crippen molar-refractivity contribution in [3.8, 4) is 0 Å². The molecule has 2 atom stereocenters. The molecule has 0 radical (unpaired) electrons. The summed E-state index contributed by atoms with van der Waals surface area (Å²) in [5.74, 6) is 0. The molecular formula is C6H11O2S-. The molecule has 54 valence electrons. The van der Waals surface area contributed by atoms with Gasteiger partial charge < -0.3 is 4.55 Å². The van der Waals surface area contributed by atoms with Crippen molar-refractivity contribution in [2.75, 3.05) is 0 Å². The zero-order chi connectivity index (χ0) is 7.44. The maximum Gasteiger partial charge on any atom is 0.0224 e. The van der Waals surface area contributed by atoms with Gasteiger partial charge in [-0.05, 0) is 13.3 Å². The molecule has 0 aliphatic rings. The highest BCUT2D eigenvalue weighted by Crippen LogP contribution is 2.05. The molecule has 0 saturated carbocycles. The normalized spacial score (nSPS) is 16.8. The fraction of sp³-hybridized carbons (Fsp3) is 0.667. The molecule has 3 heteroatoms. The lowest BCUT2D eigenvalue weighted by atomic mass is 10.2. The molecule has 0 aromatic rings. The summed E-state index contributed by atoms with van der Waals surface area (Å²) < 4.78 is 20.4. The van der Waals surface area contributed by atoms with Crippen LogP contribution >= 0.6 is 0 Å². The molecule has 0 aromatic carbocycles. The Morgan fingerprint density at radius 1 is 1.89 bits per heavy atom. The van der Waals surface area contributed by atoms with Crippen molar-refractivity contribution in [2.45, 2.75) is 25.5 Å². The van der Waals surface area contributed by atoms with E-state index in [1.807, 2.05) is 6.92 Å². The zero-order valence-electron chi connectivity index (χ0n) is 5.72. The van der Waals surface area contributed by atoms with E-state index in [2.05, 4.69) is 6.58 Å². The first-order valence-electron chi connectivity index (χ1n) is 2.76. The summed E-state index contributed by atoms with van der Waals surface area (Å²) in [6.45, 7) is 7.09. The SMILES string of the molecule is C=C(C)CC(C)S(=O)[O-]. The van der Waals surface area contributed by atoms with Gasteiger partial charge in [0, 0.05) is 5.25 Å². The first kappa shape index (κ1) is 8.85. The van der Waals surface area contributed by atoms with Crippen LogP contribution in [-0.4, -0.2) is 14.0 Å². The van der Waals surface area contributed by atoms with E-state index in [4.69, 9.17) is 0 Å². The lowest BCUT2D eigenvalue weighted by molar-refractivity contribution is 0.524. The molecule has 0 N–H and O–H groups in total. The Kier molecular flexibility index (Phi) is 3.73. The summed E-state index contributed by atoms with van der Waals surface area (Å²) in [5.41, 5.74) is 0.909. The Balaban J connectivity index is 3.63. The van der Waals surface area contributed by atoms with Crippen molar-refractivity contribution in [1.29, 1.82) is 0 Å². The fourth-order valence-corrected chi connectivity index (χ4v) is 0.979. The van der Waals surface area contributed by atoms with Crippen molar-refractivity contribution in [3.05, 3.63) is 12.2 Å². The van der Waals surface area contributed by atoms with E-state index in [9.17, 15) is 8.76 Å². The van der Waals surface area contributed by atoms with Crippen LogP contribution in [-0.2, 0) is 11.1 Å². The molecular weight excluding hydrogens is 136 g/mol. The van der Waals surface area contributed by atoms with Crippen molar-refractivity contribution in [1.82, 2.24) is 0 Å². The third-order valence-electron chi connectivity index (χ3n) is 0.964. The molecule has 2 unspecified atom stereocenters. The van der Waals surface area contributed by atoms with E-state index >= 15 is 0 Å². The lowest BCUT2D eigenvalue weighted by Crippen LogP contribution is -2.09. The molecule has 0 saturated heterocycles. The summed E-state index contributed by atoms with van der Waals surface area (Å²) in [6.07, 6.45) is 0.566. The van der Waals surface area contributed by atoms with Gasteiger partial charge in [-0.25, -0.2) is 0 Å². The smallest absolute Gasteiger partial charge is 0.0224 e. The molecule has 0 amide bonds. The zero-order valence-corrected chi connectivity index (χ0v) is 6.53. The summed E-state index contributed by atoms with van der Waals surface area (Å²) >= 11 is -1.94. The second-order valence-electron chi connectivity index (χ2n) is 2.23. The van der Waals surface area contributed by atoms with Crippen LogP contribution in [0.1, 0.15) is 20.3 Å². The lowest BCUT2D eigenvalue weighted by Gasteiger charge is -2.13. The number of hydrogen-bond acceptors (Lipinski definition) is 2. The Morgan fingerprint density at radius 2 is 2.33 bits per heavy atom. The first-order chi connectivity index (χ1) is 4.04. The molecule has 0 spiro atoms. The van der Waals surface area contributed by atoms with Crippen LogP contribution in [0.3, 0.4) is 0 Å². The summed E-state index contributed by atoms with van der Waals surface area (Å²) in [4.78, 5) is 0. The third kappa shape index (κ3) is 4.36. The average Bonchev–Trinajstić information content (AvgIpc) is 1.63. The van der Waals surface area contributed by atoms with E-state index in [0.29, 0.717) is 6.42 Å². The highest BCUT2D eigenvalue weighted by molar-refractivity contribution is 7.79. The minimum absolute atomic E-state index is 0.289. The molecule has 9 heavy (non-hydrogen) atoms. The van der Waals surface area contributed by atoms with Crippen LogP contribution in [0.15, 0.2) is 12.2 Å². The molecule has 0 aliphatic heterocycles. The maximum atomic E-state index is 10.2. The quantitative estimate of drug-likeness (QED) is 0.445. The van der Waals surface area contributed by atoms with Gasteiger partial charge >= 0.3 is 0 Å². The van der Waals surface area contributed by atoms with Gasteiger partial charge in [-0.3, -0.25) is 4.21 Å². The molecule has 2 nitrogen and oxygen atoms in total. The Labute approximate surface area is 58.3 Å². The molecule has 0 bridgehead atoms. The number of hydrogen-bond donors (Lipinski definition) is 0. The molecule has 0 aromatic heterocycles. The second-order valence-corrected chi connectivity index (χ2v) is 3.56. The van der Waals surface area contributed by atoms with Gasteiger partial charge in [-0.15, -0.1) is 6.58 Å². The largest absolute Gasteiger partial charge is 0.772 e. The van der Waals surface area contributed by atoms with Crippen LogP contribution in [0, 0.1) is 0 Å². The van der Waals surface area contributed by atoms with Crippen LogP contribution in [0.25, 0.3) is 0 Å². The minimum Gasteiger partial charge on any atom is -0.772 e. The van der Waals surface area contributed by atoms with E-state index in [1.54, 1.807) is 6.92 Å². The number of rotatable bonds is 3. The second kappa shape index (κ2) is 3.80. The predicted molar refractivity (Wildman–Crippen MR) is 37.8 cm³/mol. The standard InChI is InChI=1S/C6H12O2S/c1-5(2)4-6(3)9(7)8/h6H,1,4H2,2-3H3,(H,7,8)/p-1. The van der Waals surface area contributed by atoms with E-state index < -0.39 is 11.1 Å². The van der Waals surface area contributed by atoms with Crippen LogP contribution in [0.4, 0.5) is 0 Å². The van der Waals surface area contributed by atoms with Gasteiger partial charge in [0.25, 0.3) is 0 Å². The van der Waals surface area contributed by atoms with Gasteiger partial charge in [0.15, 0.2) is 0 Å². The van der Waals surface area contributed by atoms with Crippen molar-refractivity contribution in [2.24, 2.45) is 0 Å². The molecule has 0 fully saturated rings. The Bertz CT molecular complexity index is 131. The molecule has 0 rings (SSSR count). The number of allylic oxidation sites excluding steroid dienone is 1. The summed E-state index contributed by atoms with van der Waals surface area (Å²) in [5, 5.41) is -0.289. The van der Waals surface area contributed by atoms with Gasteiger partial charge in [-0.1, -0.05) is 23.6 Å². The van der Waals surface area contributed by atoms with Crippen LogP contribution < -0.4 is 0 Å². The minimum atomic E-state index is -1.94. The first-order valence-corrected chi connectivity index (χ1v) is 3.90. The van der Waals surface area contributed by atoms with Gasteiger partial charge in [0.05, 0.1) is 0 Å². The van der Waals surface area contributed by atoms with E-state index in [-0.39, 0.29) is 5.25 Å². The maximum absolute atomic E-state index is 10.2. The highest BCUT2D eigenvalue weighted by atomic mass is 32.2.